The van der Waals surface area contributed by atoms with E-state index in [1.807, 2.05) is 0 Å². The summed E-state index contributed by atoms with van der Waals surface area (Å²) in [6, 6.07) is 3.68. The Hall–Kier alpha value is -1.12. The highest BCUT2D eigenvalue weighted by atomic mass is 79.9. The molecule has 2 N–H and O–H groups in total. The van der Waals surface area contributed by atoms with E-state index >= 15 is 0 Å². The molecular weight excluding hydrogens is 360 g/mol. The first kappa shape index (κ1) is 17.9. The van der Waals surface area contributed by atoms with Crippen molar-refractivity contribution in [2.75, 3.05) is 7.11 Å². The van der Waals surface area contributed by atoms with Crippen LogP contribution < -0.4 is 14.8 Å². The molecule has 0 fully saturated rings. The van der Waals surface area contributed by atoms with Crippen molar-refractivity contribution in [2.45, 2.75) is 37.8 Å². The Morgan fingerprint density at radius 1 is 1.29 bits per heavy atom. The molecule has 1 rings (SSSR count). The summed E-state index contributed by atoms with van der Waals surface area (Å²) in [6.45, 7) is 5.09. The molecule has 0 saturated carbocycles. The van der Waals surface area contributed by atoms with Gasteiger partial charge in [-0.1, -0.05) is 15.9 Å². The van der Waals surface area contributed by atoms with Gasteiger partial charge in [-0.2, -0.15) is 4.72 Å². The normalized spacial score (nSPS) is 13.0. The predicted octanol–water partition coefficient (Wildman–Crippen LogP) is 1.65. The summed E-state index contributed by atoms with van der Waals surface area (Å²) in [5, 5.41) is 2.65. The van der Waals surface area contributed by atoms with E-state index < -0.39 is 16.1 Å². The first-order valence-corrected chi connectivity index (χ1v) is 8.61. The SMILES string of the molecule is COc1ccc(Br)cc1S(=O)(=O)NC(C)C(=O)NC(C)C. The number of halogens is 1. The minimum Gasteiger partial charge on any atom is -0.495 e. The van der Waals surface area contributed by atoms with E-state index in [9.17, 15) is 13.2 Å². The third-order valence-electron chi connectivity index (χ3n) is 2.57. The third kappa shape index (κ3) is 4.98. The highest BCUT2D eigenvalue weighted by Crippen LogP contribution is 2.27. The van der Waals surface area contributed by atoms with Crippen LogP contribution in [0.3, 0.4) is 0 Å². The van der Waals surface area contributed by atoms with Crippen LogP contribution in [-0.2, 0) is 14.8 Å². The van der Waals surface area contributed by atoms with Gasteiger partial charge in [-0.15, -0.1) is 0 Å². The summed E-state index contributed by atoms with van der Waals surface area (Å²) in [6.07, 6.45) is 0. The van der Waals surface area contributed by atoms with E-state index in [0.29, 0.717) is 4.47 Å². The highest BCUT2D eigenvalue weighted by molar-refractivity contribution is 9.10. The fraction of sp³-hybridized carbons (Fsp3) is 0.462. The van der Waals surface area contributed by atoms with Crippen molar-refractivity contribution in [3.8, 4) is 5.75 Å². The fourth-order valence-electron chi connectivity index (χ4n) is 1.62. The van der Waals surface area contributed by atoms with Crippen molar-refractivity contribution in [3.05, 3.63) is 22.7 Å². The molecule has 0 aliphatic carbocycles. The number of ether oxygens (including phenoxy) is 1. The van der Waals surface area contributed by atoms with E-state index in [4.69, 9.17) is 4.74 Å². The van der Waals surface area contributed by atoms with Gasteiger partial charge >= 0.3 is 0 Å². The summed E-state index contributed by atoms with van der Waals surface area (Å²) in [7, 11) is -2.49. The molecular formula is C13H19BrN2O4S. The predicted molar refractivity (Wildman–Crippen MR) is 83.8 cm³/mol. The van der Waals surface area contributed by atoms with Gasteiger partial charge in [0.2, 0.25) is 15.9 Å². The molecule has 1 unspecified atom stereocenters. The van der Waals surface area contributed by atoms with Crippen LogP contribution in [0.4, 0.5) is 0 Å². The second-order valence-corrected chi connectivity index (χ2v) is 7.40. The van der Waals surface area contributed by atoms with Gasteiger partial charge in [-0.25, -0.2) is 8.42 Å². The summed E-state index contributed by atoms with van der Waals surface area (Å²) < 4.78 is 32.7. The molecule has 0 bridgehead atoms. The molecule has 1 aromatic rings. The number of methoxy groups -OCH3 is 1. The van der Waals surface area contributed by atoms with E-state index in [1.54, 1.807) is 19.9 Å². The Labute approximate surface area is 133 Å². The second-order valence-electron chi connectivity index (χ2n) is 4.80. The third-order valence-corrected chi connectivity index (χ3v) is 4.63. The molecule has 0 saturated heterocycles. The molecule has 1 amide bonds. The molecule has 1 atom stereocenters. The number of hydrogen-bond donors (Lipinski definition) is 2. The number of sulfonamides is 1. The molecule has 118 valence electrons. The Morgan fingerprint density at radius 3 is 2.43 bits per heavy atom. The van der Waals surface area contributed by atoms with Crippen LogP contribution in [0.5, 0.6) is 5.75 Å². The lowest BCUT2D eigenvalue weighted by Gasteiger charge is -2.17. The van der Waals surface area contributed by atoms with Crippen molar-refractivity contribution < 1.29 is 17.9 Å². The van der Waals surface area contributed by atoms with Crippen LogP contribution >= 0.6 is 15.9 Å². The average molecular weight is 379 g/mol. The fourth-order valence-corrected chi connectivity index (χ4v) is 3.53. The lowest BCUT2D eigenvalue weighted by molar-refractivity contribution is -0.122. The summed E-state index contributed by atoms with van der Waals surface area (Å²) >= 11 is 3.22. The topological polar surface area (TPSA) is 84.5 Å². The molecule has 8 heteroatoms. The molecule has 0 radical (unpaired) electrons. The number of nitrogens with one attached hydrogen (secondary N) is 2. The quantitative estimate of drug-likeness (QED) is 0.787. The van der Waals surface area contributed by atoms with Gasteiger partial charge in [0.1, 0.15) is 10.6 Å². The van der Waals surface area contributed by atoms with E-state index in [1.165, 1.54) is 26.2 Å². The molecule has 0 spiro atoms. The van der Waals surface area contributed by atoms with Crippen LogP contribution in [0.15, 0.2) is 27.6 Å². The van der Waals surface area contributed by atoms with Crippen molar-refractivity contribution in [1.29, 1.82) is 0 Å². The van der Waals surface area contributed by atoms with Gasteiger partial charge in [0.15, 0.2) is 0 Å². The Bertz CT molecular complexity index is 617. The Balaban J connectivity index is 3.02. The van der Waals surface area contributed by atoms with Gasteiger partial charge in [-0.05, 0) is 39.0 Å². The minimum absolute atomic E-state index is 0.0245. The van der Waals surface area contributed by atoms with E-state index in [2.05, 4.69) is 26.0 Å². The average Bonchev–Trinajstić information content (AvgIpc) is 2.37. The molecule has 21 heavy (non-hydrogen) atoms. The monoisotopic (exact) mass is 378 g/mol. The van der Waals surface area contributed by atoms with Crippen LogP contribution in [0.1, 0.15) is 20.8 Å². The number of carbonyl (C=O) groups is 1. The number of carbonyl (C=O) groups excluding carboxylic acids is 1. The zero-order valence-corrected chi connectivity index (χ0v) is 14.7. The van der Waals surface area contributed by atoms with Crippen molar-refractivity contribution in [1.82, 2.24) is 10.0 Å². The van der Waals surface area contributed by atoms with Gasteiger partial charge in [-0.3, -0.25) is 4.79 Å². The number of benzene rings is 1. The maximum atomic E-state index is 12.4. The zero-order chi connectivity index (χ0) is 16.2. The van der Waals surface area contributed by atoms with Crippen molar-refractivity contribution in [2.24, 2.45) is 0 Å². The number of amides is 1. The molecule has 0 aliphatic rings. The Morgan fingerprint density at radius 2 is 1.90 bits per heavy atom. The standard InChI is InChI=1S/C13H19BrN2O4S/c1-8(2)15-13(17)9(3)16-21(18,19)12-7-10(14)5-6-11(12)20-4/h5-9,16H,1-4H3,(H,15,17). The van der Waals surface area contributed by atoms with Crippen LogP contribution in [0.2, 0.25) is 0 Å². The van der Waals surface area contributed by atoms with Gasteiger partial charge in [0, 0.05) is 10.5 Å². The van der Waals surface area contributed by atoms with Gasteiger partial charge < -0.3 is 10.1 Å². The smallest absolute Gasteiger partial charge is 0.245 e. The first-order valence-electron chi connectivity index (χ1n) is 6.33. The first-order chi connectivity index (χ1) is 9.67. The largest absolute Gasteiger partial charge is 0.495 e. The Kier molecular flexibility index (Phi) is 6.18. The second kappa shape index (κ2) is 7.24. The lowest BCUT2D eigenvalue weighted by Crippen LogP contribution is -2.46. The highest BCUT2D eigenvalue weighted by Gasteiger charge is 2.25. The van der Waals surface area contributed by atoms with Gasteiger partial charge in [0.25, 0.3) is 0 Å². The molecule has 6 nitrogen and oxygen atoms in total. The maximum Gasteiger partial charge on any atom is 0.245 e. The molecule has 1 aromatic carbocycles. The van der Waals surface area contributed by atoms with Gasteiger partial charge in [0.05, 0.1) is 13.2 Å². The van der Waals surface area contributed by atoms with Crippen molar-refractivity contribution in [3.63, 3.8) is 0 Å². The van der Waals surface area contributed by atoms with Crippen LogP contribution in [-0.4, -0.2) is 33.5 Å². The van der Waals surface area contributed by atoms with Crippen molar-refractivity contribution >= 4 is 31.9 Å². The number of hydrogen-bond acceptors (Lipinski definition) is 4. The van der Waals surface area contributed by atoms with Crippen LogP contribution in [0, 0.1) is 0 Å². The lowest BCUT2D eigenvalue weighted by atomic mass is 10.3. The molecule has 0 aliphatic heterocycles. The zero-order valence-electron chi connectivity index (χ0n) is 12.3. The molecule has 0 aromatic heterocycles. The number of rotatable bonds is 6. The summed E-state index contributed by atoms with van der Waals surface area (Å²) in [5.74, 6) is -0.176. The maximum absolute atomic E-state index is 12.4. The van der Waals surface area contributed by atoms with Crippen LogP contribution in [0.25, 0.3) is 0 Å². The minimum atomic E-state index is -3.87. The van der Waals surface area contributed by atoms with E-state index in [0.717, 1.165) is 0 Å². The molecule has 0 heterocycles. The van der Waals surface area contributed by atoms with E-state index in [-0.39, 0.29) is 22.6 Å². The summed E-state index contributed by atoms with van der Waals surface area (Å²) in [5.41, 5.74) is 0. The summed E-state index contributed by atoms with van der Waals surface area (Å²) in [4.78, 5) is 11.8.